The number of rotatable bonds is 4. The van der Waals surface area contributed by atoms with Crippen LogP contribution in [0.3, 0.4) is 0 Å². The van der Waals surface area contributed by atoms with Gasteiger partial charge in [-0.05, 0) is 6.07 Å². The van der Waals surface area contributed by atoms with Crippen molar-refractivity contribution in [1.29, 1.82) is 0 Å². The van der Waals surface area contributed by atoms with Crippen LogP contribution in [0.25, 0.3) is 10.6 Å². The van der Waals surface area contributed by atoms with Gasteiger partial charge in [0.05, 0.1) is 11.9 Å². The van der Waals surface area contributed by atoms with Gasteiger partial charge >= 0.3 is 0 Å². The third-order valence-corrected chi connectivity index (χ3v) is 4.17. The van der Waals surface area contributed by atoms with Crippen molar-refractivity contribution in [2.75, 3.05) is 0 Å². The standard InChI is InChI=1S/C16H22FN3S/c1-10(2)19-9-13-14(16(3,4)5)20-15(21-13)11-6-7-18-8-12(11)17/h6-8,10,19H,9H2,1-5H3. The first-order valence-electron chi connectivity index (χ1n) is 7.12. The van der Waals surface area contributed by atoms with Crippen LogP contribution in [0.1, 0.15) is 45.2 Å². The van der Waals surface area contributed by atoms with Gasteiger partial charge in [0.2, 0.25) is 0 Å². The molecular formula is C16H22FN3S. The van der Waals surface area contributed by atoms with E-state index in [4.69, 9.17) is 4.98 Å². The van der Waals surface area contributed by atoms with Gasteiger partial charge in [0.1, 0.15) is 5.01 Å². The Morgan fingerprint density at radius 2 is 2.05 bits per heavy atom. The maximum Gasteiger partial charge on any atom is 0.151 e. The number of thiazole rings is 1. The fraction of sp³-hybridized carbons (Fsp3) is 0.500. The second kappa shape index (κ2) is 6.20. The predicted octanol–water partition coefficient (Wildman–Crippen LogP) is 4.14. The third-order valence-electron chi connectivity index (χ3n) is 3.08. The summed E-state index contributed by atoms with van der Waals surface area (Å²) in [5.41, 5.74) is 1.50. The zero-order valence-corrected chi connectivity index (χ0v) is 14.0. The average molecular weight is 307 g/mol. The first-order chi connectivity index (χ1) is 9.79. The minimum absolute atomic E-state index is 0.0632. The van der Waals surface area contributed by atoms with E-state index in [2.05, 4.69) is 44.9 Å². The molecule has 114 valence electrons. The summed E-state index contributed by atoms with van der Waals surface area (Å²) in [6.45, 7) is 11.4. The largest absolute Gasteiger partial charge is 0.310 e. The van der Waals surface area contributed by atoms with Crippen LogP contribution in [0.2, 0.25) is 0 Å². The summed E-state index contributed by atoms with van der Waals surface area (Å²) in [5.74, 6) is -0.324. The van der Waals surface area contributed by atoms with Gasteiger partial charge in [-0.25, -0.2) is 9.37 Å². The van der Waals surface area contributed by atoms with E-state index in [0.717, 1.165) is 17.2 Å². The Balaban J connectivity index is 2.43. The number of hydrogen-bond donors (Lipinski definition) is 1. The molecule has 0 unspecified atom stereocenters. The molecule has 0 saturated heterocycles. The molecule has 0 atom stereocenters. The normalized spacial score (nSPS) is 12.1. The molecule has 0 saturated carbocycles. The van der Waals surface area contributed by atoms with Crippen molar-refractivity contribution in [2.45, 2.75) is 52.6 Å². The van der Waals surface area contributed by atoms with Crippen LogP contribution < -0.4 is 5.32 Å². The predicted molar refractivity (Wildman–Crippen MR) is 86.0 cm³/mol. The van der Waals surface area contributed by atoms with Gasteiger partial charge in [0.15, 0.2) is 5.82 Å². The van der Waals surface area contributed by atoms with Gasteiger partial charge in [-0.1, -0.05) is 34.6 Å². The summed E-state index contributed by atoms with van der Waals surface area (Å²) in [4.78, 5) is 9.67. The lowest BCUT2D eigenvalue weighted by molar-refractivity contribution is 0.546. The Hall–Kier alpha value is -1.33. The number of halogens is 1. The minimum Gasteiger partial charge on any atom is -0.310 e. The van der Waals surface area contributed by atoms with Gasteiger partial charge in [0, 0.05) is 34.6 Å². The highest BCUT2D eigenvalue weighted by Gasteiger charge is 2.24. The van der Waals surface area contributed by atoms with E-state index < -0.39 is 0 Å². The first-order valence-corrected chi connectivity index (χ1v) is 7.94. The lowest BCUT2D eigenvalue weighted by atomic mass is 9.91. The van der Waals surface area contributed by atoms with E-state index in [9.17, 15) is 4.39 Å². The Morgan fingerprint density at radius 3 is 2.62 bits per heavy atom. The molecule has 0 spiro atoms. The molecule has 0 amide bonds. The average Bonchev–Trinajstić information content (AvgIpc) is 2.81. The van der Waals surface area contributed by atoms with Crippen LogP contribution in [0.5, 0.6) is 0 Å². The number of nitrogens with zero attached hydrogens (tertiary/aromatic N) is 2. The lowest BCUT2D eigenvalue weighted by Crippen LogP contribution is -2.23. The number of pyridine rings is 1. The molecule has 0 aliphatic rings. The van der Waals surface area contributed by atoms with E-state index in [1.54, 1.807) is 23.6 Å². The molecule has 0 radical (unpaired) electrons. The Labute approximate surface area is 129 Å². The van der Waals surface area contributed by atoms with Crippen molar-refractivity contribution >= 4 is 11.3 Å². The van der Waals surface area contributed by atoms with E-state index in [0.29, 0.717) is 11.6 Å². The Kier molecular flexibility index (Phi) is 4.74. The van der Waals surface area contributed by atoms with Crippen LogP contribution in [-0.2, 0) is 12.0 Å². The van der Waals surface area contributed by atoms with Gasteiger partial charge in [0.25, 0.3) is 0 Å². The molecule has 0 aromatic carbocycles. The highest BCUT2D eigenvalue weighted by Crippen LogP contribution is 2.35. The lowest BCUT2D eigenvalue weighted by Gasteiger charge is -2.18. The number of nitrogens with one attached hydrogen (secondary N) is 1. The van der Waals surface area contributed by atoms with Crippen molar-refractivity contribution < 1.29 is 4.39 Å². The maximum absolute atomic E-state index is 13.9. The van der Waals surface area contributed by atoms with E-state index in [-0.39, 0.29) is 11.2 Å². The van der Waals surface area contributed by atoms with Gasteiger partial charge in [-0.3, -0.25) is 4.98 Å². The van der Waals surface area contributed by atoms with Gasteiger partial charge in [-0.2, -0.15) is 0 Å². The molecule has 0 bridgehead atoms. The van der Waals surface area contributed by atoms with Crippen LogP contribution in [0.4, 0.5) is 4.39 Å². The van der Waals surface area contributed by atoms with Crippen molar-refractivity contribution in [3.8, 4) is 10.6 Å². The van der Waals surface area contributed by atoms with Crippen molar-refractivity contribution in [2.24, 2.45) is 0 Å². The summed E-state index contributed by atoms with van der Waals surface area (Å²) in [7, 11) is 0. The summed E-state index contributed by atoms with van der Waals surface area (Å²) in [5, 5.41) is 4.14. The zero-order valence-electron chi connectivity index (χ0n) is 13.2. The molecule has 0 aliphatic heterocycles. The highest BCUT2D eigenvalue weighted by molar-refractivity contribution is 7.15. The van der Waals surface area contributed by atoms with Gasteiger partial charge in [-0.15, -0.1) is 11.3 Å². The van der Waals surface area contributed by atoms with Crippen molar-refractivity contribution in [3.63, 3.8) is 0 Å². The maximum atomic E-state index is 13.9. The molecule has 2 aromatic heterocycles. The molecular weight excluding hydrogens is 285 g/mol. The second-order valence-corrected chi connectivity index (χ2v) is 7.52. The molecule has 1 N–H and O–H groups in total. The Morgan fingerprint density at radius 1 is 1.33 bits per heavy atom. The summed E-state index contributed by atoms with van der Waals surface area (Å²) in [6.07, 6.45) is 2.84. The molecule has 2 heterocycles. The molecule has 21 heavy (non-hydrogen) atoms. The van der Waals surface area contributed by atoms with Crippen molar-refractivity contribution in [1.82, 2.24) is 15.3 Å². The molecule has 2 aromatic rings. The highest BCUT2D eigenvalue weighted by atomic mass is 32.1. The fourth-order valence-electron chi connectivity index (χ4n) is 2.02. The van der Waals surface area contributed by atoms with Gasteiger partial charge < -0.3 is 5.32 Å². The monoisotopic (exact) mass is 307 g/mol. The second-order valence-electron chi connectivity index (χ2n) is 6.43. The fourth-order valence-corrected chi connectivity index (χ4v) is 3.27. The van der Waals surface area contributed by atoms with E-state index in [1.807, 2.05) is 0 Å². The van der Waals surface area contributed by atoms with Crippen molar-refractivity contribution in [3.05, 3.63) is 34.8 Å². The topological polar surface area (TPSA) is 37.8 Å². The number of aromatic nitrogens is 2. The van der Waals surface area contributed by atoms with Crippen LogP contribution in [0, 0.1) is 5.82 Å². The van der Waals surface area contributed by atoms with E-state index >= 15 is 0 Å². The Bertz CT molecular complexity index is 614. The molecule has 5 heteroatoms. The zero-order chi connectivity index (χ0) is 15.6. The quantitative estimate of drug-likeness (QED) is 0.922. The van der Waals surface area contributed by atoms with Crippen LogP contribution >= 0.6 is 11.3 Å². The minimum atomic E-state index is -0.324. The number of hydrogen-bond acceptors (Lipinski definition) is 4. The van der Waals surface area contributed by atoms with Crippen LogP contribution in [-0.4, -0.2) is 16.0 Å². The summed E-state index contributed by atoms with van der Waals surface area (Å²) < 4.78 is 13.9. The molecule has 0 fully saturated rings. The SMILES string of the molecule is CC(C)NCc1sc(-c2ccncc2F)nc1C(C)(C)C. The van der Waals surface area contributed by atoms with E-state index in [1.165, 1.54) is 11.1 Å². The summed E-state index contributed by atoms with van der Waals surface area (Å²) in [6, 6.07) is 2.08. The molecule has 3 nitrogen and oxygen atoms in total. The van der Waals surface area contributed by atoms with Crippen LogP contribution in [0.15, 0.2) is 18.5 Å². The molecule has 0 aliphatic carbocycles. The molecule has 2 rings (SSSR count). The first kappa shape index (κ1) is 16.0. The summed E-state index contributed by atoms with van der Waals surface area (Å²) >= 11 is 1.55. The smallest absolute Gasteiger partial charge is 0.151 e. The third kappa shape index (κ3) is 3.86.